The quantitative estimate of drug-likeness (QED) is 0.669. The maximum absolute atomic E-state index is 2.56. The van der Waals surface area contributed by atoms with Gasteiger partial charge in [0.1, 0.15) is 0 Å². The maximum atomic E-state index is 2.56. The molecule has 0 heterocycles. The number of allylic oxidation sites excluding steroid dienone is 5. The lowest BCUT2D eigenvalue weighted by molar-refractivity contribution is 1.05. The van der Waals surface area contributed by atoms with E-state index in [0.29, 0.717) is 11.1 Å². The number of rotatable bonds is 3. The van der Waals surface area contributed by atoms with Gasteiger partial charge in [0.15, 0.2) is 0 Å². The molecule has 2 unspecified atom stereocenters. The topological polar surface area (TPSA) is 0 Å². The van der Waals surface area contributed by atoms with Crippen molar-refractivity contribution >= 4 is 14.1 Å². The SMILES string of the molecule is CC[Si](C)(C1C=CC=C1)C1C=Cc2ccccc21. The van der Waals surface area contributed by atoms with Gasteiger partial charge in [-0.15, -0.1) is 0 Å². The lowest BCUT2D eigenvalue weighted by Crippen LogP contribution is -2.40. The highest BCUT2D eigenvalue weighted by molar-refractivity contribution is 6.82. The molecule has 0 radical (unpaired) electrons. The lowest BCUT2D eigenvalue weighted by atomic mass is 10.1. The predicted molar refractivity (Wildman–Crippen MR) is 82.3 cm³/mol. The second kappa shape index (κ2) is 4.40. The van der Waals surface area contributed by atoms with Crippen LogP contribution in [-0.4, -0.2) is 8.07 Å². The molecule has 0 amide bonds. The van der Waals surface area contributed by atoms with Crippen LogP contribution >= 0.6 is 0 Å². The molecule has 1 aromatic rings. The molecule has 1 heteroatoms. The molecule has 0 fully saturated rings. The summed E-state index contributed by atoms with van der Waals surface area (Å²) in [5, 5.41) is 0. The van der Waals surface area contributed by atoms with Crippen LogP contribution < -0.4 is 0 Å². The Morgan fingerprint density at radius 2 is 1.78 bits per heavy atom. The second-order valence-corrected chi connectivity index (χ2v) is 10.6. The van der Waals surface area contributed by atoms with E-state index >= 15 is 0 Å². The van der Waals surface area contributed by atoms with Gasteiger partial charge >= 0.3 is 0 Å². The number of fused-ring (bicyclic) bond motifs is 1. The molecule has 0 saturated heterocycles. The summed E-state index contributed by atoms with van der Waals surface area (Å²) in [6.07, 6.45) is 14.0. The van der Waals surface area contributed by atoms with Crippen molar-refractivity contribution < 1.29 is 0 Å². The van der Waals surface area contributed by atoms with Gasteiger partial charge in [-0.25, -0.2) is 0 Å². The van der Waals surface area contributed by atoms with Gasteiger partial charge in [-0.1, -0.05) is 80.2 Å². The Morgan fingerprint density at radius 1 is 1.06 bits per heavy atom. The Morgan fingerprint density at radius 3 is 2.50 bits per heavy atom. The average Bonchev–Trinajstić information content (AvgIpc) is 3.07. The summed E-state index contributed by atoms with van der Waals surface area (Å²) in [4.78, 5) is 0. The number of hydrogen-bond acceptors (Lipinski definition) is 0. The van der Waals surface area contributed by atoms with Gasteiger partial charge in [-0.3, -0.25) is 0 Å². The van der Waals surface area contributed by atoms with Gasteiger partial charge in [-0.2, -0.15) is 0 Å². The first-order chi connectivity index (χ1) is 8.75. The summed E-state index contributed by atoms with van der Waals surface area (Å²) in [5.41, 5.74) is 4.36. The van der Waals surface area contributed by atoms with Crippen LogP contribution in [0.25, 0.3) is 6.08 Å². The molecule has 2 aliphatic carbocycles. The highest BCUT2D eigenvalue weighted by Crippen LogP contribution is 2.46. The highest BCUT2D eigenvalue weighted by Gasteiger charge is 2.41. The minimum absolute atomic E-state index is 0.677. The van der Waals surface area contributed by atoms with E-state index in [-0.39, 0.29) is 0 Å². The predicted octanol–water partition coefficient (Wildman–Crippen LogP) is 4.93. The third-order valence-electron chi connectivity index (χ3n) is 4.78. The van der Waals surface area contributed by atoms with Crippen molar-refractivity contribution in [3.05, 3.63) is 65.8 Å². The van der Waals surface area contributed by atoms with Crippen molar-refractivity contribution in [1.82, 2.24) is 0 Å². The molecule has 0 bridgehead atoms. The van der Waals surface area contributed by atoms with Gasteiger partial charge in [-0.05, 0) is 22.2 Å². The van der Waals surface area contributed by atoms with Crippen molar-refractivity contribution in [3.8, 4) is 0 Å². The van der Waals surface area contributed by atoms with E-state index in [0.717, 1.165) is 0 Å². The standard InChI is InChI=1S/C17H20Si/c1-3-18(2,15-9-5-6-10-15)17-13-12-14-8-4-7-11-16(14)17/h4-13,15,17H,3H2,1-2H3. The lowest BCUT2D eigenvalue weighted by Gasteiger charge is -2.36. The Balaban J connectivity index is 2.01. The number of hydrogen-bond donors (Lipinski definition) is 0. The molecule has 18 heavy (non-hydrogen) atoms. The van der Waals surface area contributed by atoms with Crippen molar-refractivity contribution in [2.45, 2.75) is 30.6 Å². The van der Waals surface area contributed by atoms with E-state index in [9.17, 15) is 0 Å². The van der Waals surface area contributed by atoms with Crippen LogP contribution in [-0.2, 0) is 0 Å². The summed E-state index contributed by atoms with van der Waals surface area (Å²) < 4.78 is 0. The van der Waals surface area contributed by atoms with E-state index in [2.05, 4.69) is 74.2 Å². The molecule has 0 nitrogen and oxygen atoms in total. The summed E-state index contributed by atoms with van der Waals surface area (Å²) in [6, 6.07) is 10.2. The van der Waals surface area contributed by atoms with Crippen LogP contribution in [0.4, 0.5) is 0 Å². The summed E-state index contributed by atoms with van der Waals surface area (Å²) in [7, 11) is -1.37. The number of benzene rings is 1. The van der Waals surface area contributed by atoms with Crippen LogP contribution in [0.3, 0.4) is 0 Å². The zero-order valence-corrected chi connectivity index (χ0v) is 12.1. The Bertz CT molecular complexity index is 526. The van der Waals surface area contributed by atoms with Crippen LogP contribution in [0.5, 0.6) is 0 Å². The molecular formula is C17H20Si. The monoisotopic (exact) mass is 252 g/mol. The Kier molecular flexibility index (Phi) is 2.87. The zero-order chi connectivity index (χ0) is 12.6. The third-order valence-corrected chi connectivity index (χ3v) is 10.1. The molecule has 3 rings (SSSR count). The fraction of sp³-hybridized carbons (Fsp3) is 0.294. The molecule has 0 spiro atoms. The van der Waals surface area contributed by atoms with Crippen molar-refractivity contribution in [1.29, 1.82) is 0 Å². The van der Waals surface area contributed by atoms with Crippen molar-refractivity contribution in [2.75, 3.05) is 0 Å². The summed E-state index contributed by atoms with van der Waals surface area (Å²) >= 11 is 0. The van der Waals surface area contributed by atoms with Gasteiger partial charge in [0.25, 0.3) is 0 Å². The highest BCUT2D eigenvalue weighted by atomic mass is 28.3. The van der Waals surface area contributed by atoms with Gasteiger partial charge in [0.05, 0.1) is 8.07 Å². The Hall–Kier alpha value is -1.34. The van der Waals surface area contributed by atoms with Crippen molar-refractivity contribution in [2.24, 2.45) is 0 Å². The normalized spacial score (nSPS) is 24.4. The fourth-order valence-electron chi connectivity index (χ4n) is 3.36. The molecule has 0 saturated carbocycles. The molecule has 2 atom stereocenters. The summed E-state index contributed by atoms with van der Waals surface area (Å²) in [6.45, 7) is 4.94. The third kappa shape index (κ3) is 1.65. The Labute approximate surface area is 111 Å². The smallest absolute Gasteiger partial charge is 0.0734 e. The van der Waals surface area contributed by atoms with E-state index in [1.807, 2.05) is 0 Å². The molecule has 2 aliphatic rings. The van der Waals surface area contributed by atoms with E-state index < -0.39 is 8.07 Å². The average molecular weight is 252 g/mol. The van der Waals surface area contributed by atoms with Gasteiger partial charge in [0, 0.05) is 0 Å². The fourth-order valence-corrected chi connectivity index (χ4v) is 7.30. The van der Waals surface area contributed by atoms with Crippen LogP contribution in [0, 0.1) is 0 Å². The van der Waals surface area contributed by atoms with Crippen LogP contribution in [0.15, 0.2) is 54.6 Å². The van der Waals surface area contributed by atoms with E-state index in [4.69, 9.17) is 0 Å². The zero-order valence-electron chi connectivity index (χ0n) is 11.1. The second-order valence-electron chi connectivity index (χ2n) is 5.62. The molecule has 0 aliphatic heterocycles. The van der Waals surface area contributed by atoms with E-state index in [1.165, 1.54) is 11.6 Å². The van der Waals surface area contributed by atoms with Crippen LogP contribution in [0.2, 0.25) is 18.1 Å². The largest absolute Gasteiger partial charge is 0.0803 e. The minimum Gasteiger partial charge on any atom is -0.0803 e. The first-order valence-corrected chi connectivity index (χ1v) is 9.74. The minimum atomic E-state index is -1.37. The molecule has 0 N–H and O–H groups in total. The molecule has 1 aromatic carbocycles. The molecule has 92 valence electrons. The first kappa shape index (κ1) is 11.7. The molecule has 0 aromatic heterocycles. The van der Waals surface area contributed by atoms with Gasteiger partial charge < -0.3 is 0 Å². The van der Waals surface area contributed by atoms with Crippen molar-refractivity contribution in [3.63, 3.8) is 0 Å². The molecular weight excluding hydrogens is 232 g/mol. The summed E-state index contributed by atoms with van der Waals surface area (Å²) in [5.74, 6) is 0. The van der Waals surface area contributed by atoms with E-state index in [1.54, 1.807) is 5.56 Å². The first-order valence-electron chi connectivity index (χ1n) is 6.88. The maximum Gasteiger partial charge on any atom is 0.0734 e. The van der Waals surface area contributed by atoms with Crippen LogP contribution in [0.1, 0.15) is 23.6 Å². The van der Waals surface area contributed by atoms with Gasteiger partial charge in [0.2, 0.25) is 0 Å².